The molecule has 1 atom stereocenters. The number of Topliss-reactive ketones (excluding diaryl/α,β-unsaturated/α-hetero) is 1. The summed E-state index contributed by atoms with van der Waals surface area (Å²) in [6.07, 6.45) is 0. The Balaban J connectivity index is 1.94. The third-order valence-corrected chi connectivity index (χ3v) is 5.74. The zero-order valence-corrected chi connectivity index (χ0v) is 17.8. The Morgan fingerprint density at radius 1 is 1.06 bits per heavy atom. The van der Waals surface area contributed by atoms with Gasteiger partial charge >= 0.3 is 5.91 Å². The molecule has 0 aliphatic carbocycles. The molecule has 1 aromatic heterocycles. The number of anilines is 1. The number of amides is 1. The van der Waals surface area contributed by atoms with Crippen molar-refractivity contribution in [3.05, 3.63) is 70.2 Å². The van der Waals surface area contributed by atoms with E-state index in [2.05, 4.69) is 10.2 Å². The molecule has 2 aromatic carbocycles. The number of hydrogen-bond acceptors (Lipinski definition) is 8. The summed E-state index contributed by atoms with van der Waals surface area (Å²) in [5, 5.41) is 19.1. The summed E-state index contributed by atoms with van der Waals surface area (Å²) in [7, 11) is 3.01. The predicted octanol–water partition coefficient (Wildman–Crippen LogP) is 3.49. The Hall–Kier alpha value is -3.72. The zero-order chi connectivity index (χ0) is 22.1. The second-order valence-corrected chi connectivity index (χ2v) is 7.68. The second-order valence-electron chi connectivity index (χ2n) is 6.87. The molecule has 1 amide bonds. The minimum Gasteiger partial charge on any atom is -0.507 e. The monoisotopic (exact) mass is 437 g/mol. The lowest BCUT2D eigenvalue weighted by molar-refractivity contribution is -0.132. The standard InChI is InChI=1S/C22H19N3O5S/c1-12-4-6-13(7-5-12)19(26)17-18(14-8-9-15(29-2)16(10-14)30-3)25(21(28)20(17)27)22-24-23-11-31-22/h4-11,18,26H,1-3H3/b19-17+. The molecule has 1 fully saturated rings. The van der Waals surface area contributed by atoms with Crippen LogP contribution in [0, 0.1) is 6.92 Å². The van der Waals surface area contributed by atoms with Crippen LogP contribution in [0.3, 0.4) is 0 Å². The van der Waals surface area contributed by atoms with Crippen LogP contribution in [0.15, 0.2) is 53.5 Å². The number of methoxy groups -OCH3 is 2. The SMILES string of the molecule is COc1ccc(C2/C(=C(\O)c3ccc(C)cc3)C(=O)C(=O)N2c2nncs2)cc1OC. The molecular formula is C22H19N3O5S. The van der Waals surface area contributed by atoms with Gasteiger partial charge in [0.25, 0.3) is 5.78 Å². The topological polar surface area (TPSA) is 102 Å². The molecule has 158 valence electrons. The van der Waals surface area contributed by atoms with Gasteiger partial charge in [-0.1, -0.05) is 47.2 Å². The number of aryl methyl sites for hydroxylation is 1. The number of benzene rings is 2. The number of ketones is 1. The summed E-state index contributed by atoms with van der Waals surface area (Å²) in [5.41, 5.74) is 3.44. The summed E-state index contributed by atoms with van der Waals surface area (Å²) in [6, 6.07) is 11.2. The van der Waals surface area contributed by atoms with Gasteiger partial charge in [0, 0.05) is 5.56 Å². The van der Waals surface area contributed by atoms with Gasteiger partial charge in [-0.15, -0.1) is 10.2 Å². The van der Waals surface area contributed by atoms with Crippen molar-refractivity contribution < 1.29 is 24.2 Å². The Kier molecular flexibility index (Phi) is 5.43. The molecule has 1 N–H and O–H groups in total. The van der Waals surface area contributed by atoms with Crippen LogP contribution < -0.4 is 14.4 Å². The van der Waals surface area contributed by atoms with E-state index in [1.807, 2.05) is 19.1 Å². The minimum atomic E-state index is -0.908. The summed E-state index contributed by atoms with van der Waals surface area (Å²) in [5.74, 6) is -0.917. The number of ether oxygens (including phenoxy) is 2. The van der Waals surface area contributed by atoms with Gasteiger partial charge in [0.05, 0.1) is 25.8 Å². The first-order valence-corrected chi connectivity index (χ1v) is 10.2. The highest BCUT2D eigenvalue weighted by atomic mass is 32.1. The van der Waals surface area contributed by atoms with E-state index in [1.54, 1.807) is 30.3 Å². The number of carbonyl (C=O) groups excluding carboxylic acids is 2. The van der Waals surface area contributed by atoms with E-state index < -0.39 is 17.7 Å². The van der Waals surface area contributed by atoms with Gasteiger partial charge in [-0.2, -0.15) is 0 Å². The van der Waals surface area contributed by atoms with Crippen molar-refractivity contribution in [1.82, 2.24) is 10.2 Å². The Labute approximate surface area is 182 Å². The summed E-state index contributed by atoms with van der Waals surface area (Å²) >= 11 is 1.12. The highest BCUT2D eigenvalue weighted by molar-refractivity contribution is 7.13. The Bertz CT molecular complexity index is 1170. The number of aliphatic hydroxyl groups excluding tert-OH is 1. The lowest BCUT2D eigenvalue weighted by Gasteiger charge is -2.23. The normalized spacial score (nSPS) is 17.8. The molecule has 1 aliphatic rings. The maximum atomic E-state index is 13.0. The number of hydrogen-bond donors (Lipinski definition) is 1. The molecule has 1 unspecified atom stereocenters. The van der Waals surface area contributed by atoms with E-state index in [0.717, 1.165) is 16.9 Å². The van der Waals surface area contributed by atoms with Crippen molar-refractivity contribution in [2.45, 2.75) is 13.0 Å². The molecule has 1 saturated heterocycles. The van der Waals surface area contributed by atoms with Gasteiger partial charge < -0.3 is 14.6 Å². The molecule has 31 heavy (non-hydrogen) atoms. The summed E-state index contributed by atoms with van der Waals surface area (Å²) in [6.45, 7) is 1.92. The largest absolute Gasteiger partial charge is 0.507 e. The number of carbonyl (C=O) groups is 2. The van der Waals surface area contributed by atoms with Crippen LogP contribution in [0.1, 0.15) is 22.7 Å². The van der Waals surface area contributed by atoms with Gasteiger partial charge in [-0.25, -0.2) is 0 Å². The lowest BCUT2D eigenvalue weighted by atomic mass is 9.95. The van der Waals surface area contributed by atoms with Crippen molar-refractivity contribution >= 4 is 33.9 Å². The van der Waals surface area contributed by atoms with Crippen molar-refractivity contribution in [3.63, 3.8) is 0 Å². The first-order chi connectivity index (χ1) is 15.0. The Morgan fingerprint density at radius 2 is 1.77 bits per heavy atom. The second kappa shape index (κ2) is 8.19. The molecule has 0 saturated carbocycles. The lowest BCUT2D eigenvalue weighted by Crippen LogP contribution is -2.29. The summed E-state index contributed by atoms with van der Waals surface area (Å²) in [4.78, 5) is 27.3. The molecule has 2 heterocycles. The van der Waals surface area contributed by atoms with Gasteiger partial charge in [-0.3, -0.25) is 14.5 Å². The fraction of sp³-hybridized carbons (Fsp3) is 0.182. The average molecular weight is 437 g/mol. The van der Waals surface area contributed by atoms with Crippen molar-refractivity contribution in [1.29, 1.82) is 0 Å². The molecule has 0 radical (unpaired) electrons. The molecule has 4 rings (SSSR count). The van der Waals surface area contributed by atoms with Crippen LogP contribution in [-0.4, -0.2) is 41.2 Å². The number of nitrogens with zero attached hydrogens (tertiary/aromatic N) is 3. The predicted molar refractivity (Wildman–Crippen MR) is 115 cm³/mol. The molecule has 9 heteroatoms. The van der Waals surface area contributed by atoms with Crippen LogP contribution >= 0.6 is 11.3 Å². The minimum absolute atomic E-state index is 0.0312. The molecule has 0 spiro atoms. The van der Waals surface area contributed by atoms with Crippen LogP contribution in [-0.2, 0) is 9.59 Å². The van der Waals surface area contributed by atoms with Crippen LogP contribution in [0.25, 0.3) is 5.76 Å². The number of aromatic nitrogens is 2. The van der Waals surface area contributed by atoms with E-state index in [-0.39, 0.29) is 16.5 Å². The van der Waals surface area contributed by atoms with Gasteiger partial charge in [0.2, 0.25) is 5.13 Å². The third-order valence-electron chi connectivity index (χ3n) is 5.05. The Morgan fingerprint density at radius 3 is 2.39 bits per heavy atom. The summed E-state index contributed by atoms with van der Waals surface area (Å²) < 4.78 is 10.7. The quantitative estimate of drug-likeness (QED) is 0.370. The maximum Gasteiger partial charge on any atom is 0.301 e. The van der Waals surface area contributed by atoms with E-state index in [9.17, 15) is 14.7 Å². The van der Waals surface area contributed by atoms with Crippen LogP contribution in [0.4, 0.5) is 5.13 Å². The van der Waals surface area contributed by atoms with E-state index in [4.69, 9.17) is 9.47 Å². The molecular weight excluding hydrogens is 418 g/mol. The highest BCUT2D eigenvalue weighted by Gasteiger charge is 2.48. The van der Waals surface area contributed by atoms with Crippen LogP contribution in [0.5, 0.6) is 11.5 Å². The zero-order valence-electron chi connectivity index (χ0n) is 17.0. The average Bonchev–Trinajstić information content (AvgIpc) is 3.40. The fourth-order valence-electron chi connectivity index (χ4n) is 3.51. The smallest absolute Gasteiger partial charge is 0.301 e. The molecule has 8 nitrogen and oxygen atoms in total. The molecule has 3 aromatic rings. The fourth-order valence-corrected chi connectivity index (χ4v) is 4.09. The highest BCUT2D eigenvalue weighted by Crippen LogP contribution is 2.44. The van der Waals surface area contributed by atoms with Crippen molar-refractivity contribution in [3.8, 4) is 11.5 Å². The van der Waals surface area contributed by atoms with Gasteiger partial charge in [-0.05, 0) is 24.6 Å². The number of rotatable bonds is 5. The van der Waals surface area contributed by atoms with Crippen molar-refractivity contribution in [2.24, 2.45) is 0 Å². The van der Waals surface area contributed by atoms with Gasteiger partial charge in [0.1, 0.15) is 11.3 Å². The van der Waals surface area contributed by atoms with Gasteiger partial charge in [0.15, 0.2) is 11.5 Å². The first-order valence-electron chi connectivity index (χ1n) is 9.32. The first kappa shape index (κ1) is 20.5. The molecule has 0 bridgehead atoms. The molecule has 1 aliphatic heterocycles. The third kappa shape index (κ3) is 3.53. The maximum absolute atomic E-state index is 13.0. The van der Waals surface area contributed by atoms with Crippen molar-refractivity contribution in [2.75, 3.05) is 19.1 Å². The van der Waals surface area contributed by atoms with E-state index in [0.29, 0.717) is 22.6 Å². The van der Waals surface area contributed by atoms with E-state index >= 15 is 0 Å². The van der Waals surface area contributed by atoms with Crippen LogP contribution in [0.2, 0.25) is 0 Å². The number of aliphatic hydroxyl groups is 1. The van der Waals surface area contributed by atoms with E-state index in [1.165, 1.54) is 24.6 Å².